The van der Waals surface area contributed by atoms with E-state index in [2.05, 4.69) is 24.8 Å². The first-order valence-electron chi connectivity index (χ1n) is 4.41. The van der Waals surface area contributed by atoms with Crippen LogP contribution in [0.25, 0.3) is 11.1 Å². The molecule has 0 aromatic heterocycles. The molecule has 0 saturated carbocycles. The molecule has 2 rings (SSSR count). The highest BCUT2D eigenvalue weighted by atomic mass is 32.1. The summed E-state index contributed by atoms with van der Waals surface area (Å²) in [4.78, 5) is 0.824. The van der Waals surface area contributed by atoms with E-state index < -0.39 is 0 Å². The van der Waals surface area contributed by atoms with Gasteiger partial charge in [-0.05, 0) is 23.3 Å². The normalized spacial score (nSPS) is 10.1. The quantitative estimate of drug-likeness (QED) is 0.537. The zero-order chi connectivity index (χ0) is 9.97. The molecule has 0 heterocycles. The molecule has 2 heteroatoms. The van der Waals surface area contributed by atoms with Crippen molar-refractivity contribution in [1.82, 2.24) is 0 Å². The summed E-state index contributed by atoms with van der Waals surface area (Å²) in [7, 11) is 0. The Morgan fingerprint density at radius 3 is 2.21 bits per heavy atom. The van der Waals surface area contributed by atoms with Gasteiger partial charge in [0.15, 0.2) is 0 Å². The van der Waals surface area contributed by atoms with Gasteiger partial charge in [-0.1, -0.05) is 36.4 Å². The lowest BCUT2D eigenvalue weighted by Crippen LogP contribution is -1.87. The van der Waals surface area contributed by atoms with Crippen LogP contribution >= 0.6 is 12.6 Å². The van der Waals surface area contributed by atoms with Gasteiger partial charge in [-0.2, -0.15) is 0 Å². The van der Waals surface area contributed by atoms with Crippen LogP contribution in [0.15, 0.2) is 53.4 Å². The summed E-state index contributed by atoms with van der Waals surface area (Å²) in [5.41, 5.74) is 8.80. The van der Waals surface area contributed by atoms with Crippen LogP contribution in [0.3, 0.4) is 0 Å². The summed E-state index contributed by atoms with van der Waals surface area (Å²) < 4.78 is 0. The van der Waals surface area contributed by atoms with E-state index in [0.29, 0.717) is 0 Å². The average molecular weight is 201 g/mol. The Morgan fingerprint density at radius 2 is 1.57 bits per heavy atom. The maximum atomic E-state index is 5.78. The van der Waals surface area contributed by atoms with Gasteiger partial charge in [0.05, 0.1) is 0 Å². The fourth-order valence-corrected chi connectivity index (χ4v) is 1.50. The first kappa shape index (κ1) is 9.16. The molecular formula is C12H11NS. The predicted octanol–water partition coefficient (Wildman–Crippen LogP) is 3.22. The number of thiol groups is 1. The first-order valence-corrected chi connectivity index (χ1v) is 4.86. The number of rotatable bonds is 1. The van der Waals surface area contributed by atoms with Crippen LogP contribution in [0.1, 0.15) is 0 Å². The van der Waals surface area contributed by atoms with E-state index in [1.54, 1.807) is 0 Å². The van der Waals surface area contributed by atoms with Crippen molar-refractivity contribution in [3.05, 3.63) is 48.5 Å². The van der Waals surface area contributed by atoms with Crippen molar-refractivity contribution in [1.29, 1.82) is 0 Å². The second-order valence-corrected chi connectivity index (χ2v) is 3.62. The highest BCUT2D eigenvalue weighted by Crippen LogP contribution is 2.25. The van der Waals surface area contributed by atoms with Gasteiger partial charge in [0.1, 0.15) is 0 Å². The Balaban J connectivity index is 2.48. The van der Waals surface area contributed by atoms with Crippen LogP contribution in [0.2, 0.25) is 0 Å². The van der Waals surface area contributed by atoms with Crippen molar-refractivity contribution in [3.8, 4) is 11.1 Å². The summed E-state index contributed by atoms with van der Waals surface area (Å²) in [6.45, 7) is 0. The molecule has 0 aliphatic rings. The SMILES string of the molecule is Nc1cc(-c2ccccc2)ccc1S. The fourth-order valence-electron chi connectivity index (χ4n) is 1.36. The number of hydrogen-bond acceptors (Lipinski definition) is 2. The molecule has 0 amide bonds. The third-order valence-corrected chi connectivity index (χ3v) is 2.54. The standard InChI is InChI=1S/C12H11NS/c13-11-8-10(6-7-12(11)14)9-4-2-1-3-5-9/h1-8,14H,13H2. The van der Waals surface area contributed by atoms with Crippen molar-refractivity contribution in [2.24, 2.45) is 0 Å². The molecule has 0 saturated heterocycles. The van der Waals surface area contributed by atoms with Gasteiger partial charge in [-0.15, -0.1) is 12.6 Å². The zero-order valence-electron chi connectivity index (χ0n) is 7.64. The van der Waals surface area contributed by atoms with Gasteiger partial charge in [-0.25, -0.2) is 0 Å². The topological polar surface area (TPSA) is 26.0 Å². The highest BCUT2D eigenvalue weighted by molar-refractivity contribution is 7.80. The Morgan fingerprint density at radius 1 is 0.857 bits per heavy atom. The molecule has 0 aliphatic heterocycles. The van der Waals surface area contributed by atoms with Crippen LogP contribution in [-0.2, 0) is 0 Å². The van der Waals surface area contributed by atoms with Crippen LogP contribution in [0.4, 0.5) is 5.69 Å². The summed E-state index contributed by atoms with van der Waals surface area (Å²) in [6, 6.07) is 16.0. The third-order valence-electron chi connectivity index (χ3n) is 2.13. The Bertz CT molecular complexity index is 437. The van der Waals surface area contributed by atoms with Crippen LogP contribution < -0.4 is 5.73 Å². The van der Waals surface area contributed by atoms with Gasteiger partial charge in [0, 0.05) is 10.6 Å². The minimum Gasteiger partial charge on any atom is -0.398 e. The minimum atomic E-state index is 0.717. The molecule has 0 unspecified atom stereocenters. The average Bonchev–Trinajstić information content (AvgIpc) is 2.23. The maximum absolute atomic E-state index is 5.78. The molecule has 2 aromatic rings. The molecule has 0 bridgehead atoms. The van der Waals surface area contributed by atoms with Crippen molar-refractivity contribution < 1.29 is 0 Å². The Labute approximate surface area is 89.0 Å². The molecule has 0 atom stereocenters. The van der Waals surface area contributed by atoms with Crippen molar-refractivity contribution >= 4 is 18.3 Å². The number of hydrogen-bond donors (Lipinski definition) is 2. The molecule has 0 radical (unpaired) electrons. The number of nitrogen functional groups attached to an aromatic ring is 1. The number of benzene rings is 2. The van der Waals surface area contributed by atoms with Gasteiger partial charge < -0.3 is 5.73 Å². The maximum Gasteiger partial charge on any atom is 0.0455 e. The van der Waals surface area contributed by atoms with E-state index in [1.807, 2.05) is 36.4 Å². The Kier molecular flexibility index (Phi) is 2.46. The summed E-state index contributed by atoms with van der Waals surface area (Å²) in [5.74, 6) is 0. The summed E-state index contributed by atoms with van der Waals surface area (Å²) in [5, 5.41) is 0. The van der Waals surface area contributed by atoms with E-state index in [1.165, 1.54) is 5.56 Å². The largest absolute Gasteiger partial charge is 0.398 e. The predicted molar refractivity (Wildman–Crippen MR) is 63.5 cm³/mol. The van der Waals surface area contributed by atoms with E-state index in [0.717, 1.165) is 16.1 Å². The second-order valence-electron chi connectivity index (χ2n) is 3.14. The Hall–Kier alpha value is -1.41. The zero-order valence-corrected chi connectivity index (χ0v) is 8.54. The monoisotopic (exact) mass is 201 g/mol. The van der Waals surface area contributed by atoms with E-state index in [9.17, 15) is 0 Å². The molecule has 0 spiro atoms. The van der Waals surface area contributed by atoms with Crippen LogP contribution in [-0.4, -0.2) is 0 Å². The summed E-state index contributed by atoms with van der Waals surface area (Å²) in [6.07, 6.45) is 0. The fraction of sp³-hybridized carbons (Fsp3) is 0. The van der Waals surface area contributed by atoms with Crippen molar-refractivity contribution in [2.45, 2.75) is 4.90 Å². The lowest BCUT2D eigenvalue weighted by molar-refractivity contribution is 1.47. The van der Waals surface area contributed by atoms with Crippen molar-refractivity contribution in [2.75, 3.05) is 5.73 Å². The van der Waals surface area contributed by atoms with Gasteiger partial charge >= 0.3 is 0 Å². The minimum absolute atomic E-state index is 0.717. The van der Waals surface area contributed by atoms with E-state index >= 15 is 0 Å². The molecule has 0 aliphatic carbocycles. The molecule has 14 heavy (non-hydrogen) atoms. The molecule has 70 valence electrons. The summed E-state index contributed by atoms with van der Waals surface area (Å²) >= 11 is 4.23. The van der Waals surface area contributed by atoms with Crippen LogP contribution in [0.5, 0.6) is 0 Å². The molecular weight excluding hydrogens is 190 g/mol. The lowest BCUT2D eigenvalue weighted by Gasteiger charge is -2.04. The van der Waals surface area contributed by atoms with Gasteiger partial charge in [0.25, 0.3) is 0 Å². The third kappa shape index (κ3) is 1.75. The molecule has 0 fully saturated rings. The van der Waals surface area contributed by atoms with Gasteiger partial charge in [-0.3, -0.25) is 0 Å². The smallest absolute Gasteiger partial charge is 0.0455 e. The van der Waals surface area contributed by atoms with Crippen LogP contribution in [0, 0.1) is 0 Å². The number of nitrogens with two attached hydrogens (primary N) is 1. The first-order chi connectivity index (χ1) is 6.77. The van der Waals surface area contributed by atoms with Crippen molar-refractivity contribution in [3.63, 3.8) is 0 Å². The van der Waals surface area contributed by atoms with E-state index in [4.69, 9.17) is 5.73 Å². The molecule has 1 nitrogen and oxygen atoms in total. The van der Waals surface area contributed by atoms with Gasteiger partial charge in [0.2, 0.25) is 0 Å². The second kappa shape index (κ2) is 3.76. The van der Waals surface area contributed by atoms with E-state index in [-0.39, 0.29) is 0 Å². The highest BCUT2D eigenvalue weighted by Gasteiger charge is 1.98. The molecule has 2 N–H and O–H groups in total. The number of anilines is 1. The lowest BCUT2D eigenvalue weighted by atomic mass is 10.1. The molecule has 2 aromatic carbocycles.